The fourth-order valence-corrected chi connectivity index (χ4v) is 9.54. The number of carbonyl (C=O) groups excluding carboxylic acids is 1. The van der Waals surface area contributed by atoms with E-state index >= 15 is 0 Å². The number of esters is 1. The summed E-state index contributed by atoms with van der Waals surface area (Å²) in [6.07, 6.45) is 18.5. The zero-order chi connectivity index (χ0) is 22.7. The van der Waals surface area contributed by atoms with E-state index in [4.69, 9.17) is 9.84 Å². The number of carbonyl (C=O) groups is 1. The molecule has 2 aliphatic rings. The predicted octanol–water partition coefficient (Wildman–Crippen LogP) is 7.37. The number of unbranched alkanes of at least 4 members (excludes halogenated alkanes) is 2. The Labute approximate surface area is 193 Å². The summed E-state index contributed by atoms with van der Waals surface area (Å²) >= 11 is 0. The smallest absolute Gasteiger partial charge is 0.335 e. The van der Waals surface area contributed by atoms with Crippen LogP contribution in [0.5, 0.6) is 0 Å². The lowest BCUT2D eigenvalue weighted by atomic mass is 9.69. The normalized spacial score (nSPS) is 27.1. The zero-order valence-corrected chi connectivity index (χ0v) is 21.8. The van der Waals surface area contributed by atoms with Gasteiger partial charge in [-0.15, -0.1) is 0 Å². The van der Waals surface area contributed by atoms with E-state index in [1.165, 1.54) is 89.1 Å². The Hall–Kier alpha value is -0.613. The standard InChI is InChI=1S/C27H50O3Si/c1-5-6-7-9-23-10-14-25(15-11-23)26-16-12-24(13-17-26)21-31(3,4)19-8-18-30-27(29)22(2)20-28/h23-26,28H,2,5-21H2,1,3-4H3. The third-order valence-electron chi connectivity index (χ3n) is 8.22. The Kier molecular flexibility index (Phi) is 11.9. The Morgan fingerprint density at radius 2 is 1.52 bits per heavy atom. The van der Waals surface area contributed by atoms with E-state index in [2.05, 4.69) is 26.6 Å². The molecule has 4 heteroatoms. The van der Waals surface area contributed by atoms with Crippen LogP contribution in [-0.4, -0.2) is 32.4 Å². The molecule has 0 bridgehead atoms. The van der Waals surface area contributed by atoms with Crippen LogP contribution in [0, 0.1) is 23.7 Å². The summed E-state index contributed by atoms with van der Waals surface area (Å²) in [7, 11) is -1.25. The number of aliphatic hydroxyl groups is 1. The lowest BCUT2D eigenvalue weighted by molar-refractivity contribution is -0.139. The minimum atomic E-state index is -1.25. The average Bonchev–Trinajstić information content (AvgIpc) is 2.77. The molecule has 2 aliphatic carbocycles. The molecule has 0 radical (unpaired) electrons. The number of rotatable bonds is 13. The number of hydrogen-bond donors (Lipinski definition) is 1. The molecule has 0 saturated heterocycles. The van der Waals surface area contributed by atoms with E-state index in [1.807, 2.05) is 0 Å². The second-order valence-electron chi connectivity index (χ2n) is 11.4. The predicted molar refractivity (Wildman–Crippen MR) is 134 cm³/mol. The molecule has 2 saturated carbocycles. The van der Waals surface area contributed by atoms with Crippen molar-refractivity contribution in [1.29, 1.82) is 0 Å². The fraction of sp³-hybridized carbons (Fsp3) is 0.889. The van der Waals surface area contributed by atoms with Crippen LogP contribution in [-0.2, 0) is 9.53 Å². The molecule has 0 aromatic rings. The monoisotopic (exact) mass is 450 g/mol. The van der Waals surface area contributed by atoms with Gasteiger partial charge in [-0.05, 0) is 55.8 Å². The molecule has 0 atom stereocenters. The van der Waals surface area contributed by atoms with Crippen LogP contribution in [0.15, 0.2) is 12.2 Å². The molecule has 0 amide bonds. The summed E-state index contributed by atoms with van der Waals surface area (Å²) in [6, 6.07) is 2.65. The van der Waals surface area contributed by atoms with Crippen molar-refractivity contribution in [2.45, 2.75) is 116 Å². The number of ether oxygens (including phenoxy) is 1. The van der Waals surface area contributed by atoms with E-state index in [0.29, 0.717) is 6.61 Å². The maximum absolute atomic E-state index is 11.6. The van der Waals surface area contributed by atoms with Crippen molar-refractivity contribution in [3.63, 3.8) is 0 Å². The third kappa shape index (κ3) is 9.82. The zero-order valence-electron chi connectivity index (χ0n) is 20.8. The van der Waals surface area contributed by atoms with Gasteiger partial charge in [-0.2, -0.15) is 0 Å². The number of hydrogen-bond acceptors (Lipinski definition) is 3. The fourth-order valence-electron chi connectivity index (χ4n) is 6.26. The molecule has 0 aliphatic heterocycles. The van der Waals surface area contributed by atoms with Crippen molar-refractivity contribution in [3.8, 4) is 0 Å². The quantitative estimate of drug-likeness (QED) is 0.138. The molecule has 1 N–H and O–H groups in total. The van der Waals surface area contributed by atoms with Gasteiger partial charge in [-0.25, -0.2) is 4.79 Å². The van der Waals surface area contributed by atoms with Gasteiger partial charge in [-0.3, -0.25) is 0 Å². The Bertz CT molecular complexity index is 529. The van der Waals surface area contributed by atoms with Gasteiger partial charge >= 0.3 is 5.97 Å². The van der Waals surface area contributed by atoms with E-state index in [1.54, 1.807) is 0 Å². The summed E-state index contributed by atoms with van der Waals surface area (Å²) in [6.45, 7) is 11.0. The summed E-state index contributed by atoms with van der Waals surface area (Å²) in [4.78, 5) is 11.6. The van der Waals surface area contributed by atoms with E-state index < -0.39 is 14.0 Å². The van der Waals surface area contributed by atoms with E-state index in [-0.39, 0.29) is 12.2 Å². The van der Waals surface area contributed by atoms with Gasteiger partial charge in [0.2, 0.25) is 0 Å². The third-order valence-corrected chi connectivity index (χ3v) is 11.6. The van der Waals surface area contributed by atoms with E-state index in [0.717, 1.165) is 30.1 Å². The first-order valence-electron chi connectivity index (χ1n) is 13.3. The topological polar surface area (TPSA) is 46.5 Å². The molecule has 31 heavy (non-hydrogen) atoms. The van der Waals surface area contributed by atoms with Crippen LogP contribution in [0.1, 0.15) is 90.4 Å². The van der Waals surface area contributed by atoms with Gasteiger partial charge in [0.1, 0.15) is 0 Å². The lowest BCUT2D eigenvalue weighted by Gasteiger charge is -2.39. The number of aliphatic hydroxyl groups excluding tert-OH is 1. The maximum atomic E-state index is 11.6. The molecular formula is C27H50O3Si. The molecule has 0 heterocycles. The van der Waals surface area contributed by atoms with Crippen LogP contribution >= 0.6 is 0 Å². The van der Waals surface area contributed by atoms with Crippen molar-refractivity contribution in [2.75, 3.05) is 13.2 Å². The highest BCUT2D eigenvalue weighted by Gasteiger charge is 2.33. The molecule has 0 aromatic heterocycles. The van der Waals surface area contributed by atoms with Crippen LogP contribution in [0.4, 0.5) is 0 Å². The summed E-state index contributed by atoms with van der Waals surface area (Å²) in [5.41, 5.74) is 0.151. The van der Waals surface area contributed by atoms with Crippen LogP contribution < -0.4 is 0 Å². The second-order valence-corrected chi connectivity index (χ2v) is 16.7. The average molecular weight is 451 g/mol. The Morgan fingerprint density at radius 1 is 0.935 bits per heavy atom. The Balaban J connectivity index is 1.60. The van der Waals surface area contributed by atoms with Crippen molar-refractivity contribution < 1.29 is 14.6 Å². The van der Waals surface area contributed by atoms with Gasteiger partial charge in [-0.1, -0.05) is 90.1 Å². The summed E-state index contributed by atoms with van der Waals surface area (Å²) < 4.78 is 5.22. The van der Waals surface area contributed by atoms with Gasteiger partial charge < -0.3 is 9.84 Å². The first-order chi connectivity index (χ1) is 14.8. The second kappa shape index (κ2) is 13.8. The van der Waals surface area contributed by atoms with Crippen LogP contribution in [0.2, 0.25) is 25.2 Å². The molecule has 3 nitrogen and oxygen atoms in total. The minimum Gasteiger partial charge on any atom is -0.462 e. The molecule has 0 spiro atoms. The van der Waals surface area contributed by atoms with Crippen molar-refractivity contribution in [2.24, 2.45) is 23.7 Å². The summed E-state index contributed by atoms with van der Waals surface area (Å²) in [5, 5.41) is 8.93. The lowest BCUT2D eigenvalue weighted by Crippen LogP contribution is -2.32. The van der Waals surface area contributed by atoms with Gasteiger partial charge in [0.25, 0.3) is 0 Å². The SMILES string of the molecule is C=C(CO)C(=O)OCCC[Si](C)(C)CC1CCC(C2CCC(CCCCC)CC2)CC1. The molecule has 2 fully saturated rings. The van der Waals surface area contributed by atoms with Crippen molar-refractivity contribution in [1.82, 2.24) is 0 Å². The highest BCUT2D eigenvalue weighted by Crippen LogP contribution is 2.44. The largest absolute Gasteiger partial charge is 0.462 e. The first-order valence-corrected chi connectivity index (χ1v) is 16.7. The summed E-state index contributed by atoms with van der Waals surface area (Å²) in [5.74, 6) is 3.55. The van der Waals surface area contributed by atoms with Crippen molar-refractivity contribution >= 4 is 14.0 Å². The van der Waals surface area contributed by atoms with Crippen LogP contribution in [0.25, 0.3) is 0 Å². The molecular weight excluding hydrogens is 400 g/mol. The first kappa shape index (κ1) is 26.6. The van der Waals surface area contributed by atoms with Gasteiger partial charge in [0.05, 0.1) is 18.8 Å². The highest BCUT2D eigenvalue weighted by molar-refractivity contribution is 6.77. The minimum absolute atomic E-state index is 0.151. The van der Waals surface area contributed by atoms with Crippen molar-refractivity contribution in [3.05, 3.63) is 12.2 Å². The van der Waals surface area contributed by atoms with Gasteiger partial charge in [0, 0.05) is 8.07 Å². The maximum Gasteiger partial charge on any atom is 0.335 e. The Morgan fingerprint density at radius 3 is 2.06 bits per heavy atom. The van der Waals surface area contributed by atoms with Crippen LogP contribution in [0.3, 0.4) is 0 Å². The molecule has 180 valence electrons. The highest BCUT2D eigenvalue weighted by atomic mass is 28.3. The molecule has 0 aromatic carbocycles. The van der Waals surface area contributed by atoms with E-state index in [9.17, 15) is 4.79 Å². The van der Waals surface area contributed by atoms with Gasteiger partial charge in [0.15, 0.2) is 0 Å². The molecule has 2 rings (SSSR count). The molecule has 0 unspecified atom stereocenters.